The Bertz CT molecular complexity index is 802. The van der Waals surface area contributed by atoms with Crippen LogP contribution in [-0.2, 0) is 9.53 Å². The maximum absolute atomic E-state index is 12.8. The molecule has 6 nitrogen and oxygen atoms in total. The number of carbonyl (C=O) groups is 1. The van der Waals surface area contributed by atoms with E-state index in [9.17, 15) is 4.79 Å². The summed E-state index contributed by atoms with van der Waals surface area (Å²) in [7, 11) is 5.71. The fraction of sp³-hybridized carbons (Fsp3) is 0.741. The van der Waals surface area contributed by atoms with Crippen molar-refractivity contribution in [2.24, 2.45) is 11.3 Å². The first-order valence-electron chi connectivity index (χ1n) is 12.7. The number of ether oxygens (including phenoxy) is 2. The van der Waals surface area contributed by atoms with Gasteiger partial charge in [-0.1, -0.05) is 13.8 Å². The lowest BCUT2D eigenvalue weighted by Gasteiger charge is -2.56. The minimum absolute atomic E-state index is 0.0909. The summed E-state index contributed by atoms with van der Waals surface area (Å²) >= 11 is 1.71. The zero-order chi connectivity index (χ0) is 24.9. The minimum atomic E-state index is 0.0909. The van der Waals surface area contributed by atoms with Gasteiger partial charge in [0, 0.05) is 24.5 Å². The highest BCUT2D eigenvalue weighted by Gasteiger charge is 2.50. The molecule has 3 rings (SSSR count). The molecule has 1 aliphatic heterocycles. The second-order valence-corrected chi connectivity index (χ2v) is 11.9. The van der Waals surface area contributed by atoms with Crippen molar-refractivity contribution in [1.82, 2.24) is 14.1 Å². The Morgan fingerprint density at radius 3 is 2.41 bits per heavy atom. The van der Waals surface area contributed by atoms with Crippen molar-refractivity contribution in [3.8, 4) is 5.75 Å². The van der Waals surface area contributed by atoms with Gasteiger partial charge in [-0.05, 0) is 113 Å². The minimum Gasteiger partial charge on any atom is -0.497 e. The summed E-state index contributed by atoms with van der Waals surface area (Å²) in [4.78, 5) is 18.6. The van der Waals surface area contributed by atoms with E-state index in [0.29, 0.717) is 18.6 Å². The molecule has 0 aromatic heterocycles. The molecule has 2 fully saturated rings. The summed E-state index contributed by atoms with van der Waals surface area (Å²) in [6, 6.07) is 4.44. The highest BCUT2D eigenvalue weighted by Crippen LogP contribution is 2.50. The third-order valence-corrected chi connectivity index (χ3v) is 9.29. The molecule has 0 spiro atoms. The fourth-order valence-electron chi connectivity index (χ4n) is 5.48. The summed E-state index contributed by atoms with van der Waals surface area (Å²) < 4.78 is 13.3. The maximum Gasteiger partial charge on any atom is 0.248 e. The lowest BCUT2D eigenvalue weighted by Crippen LogP contribution is -2.59. The van der Waals surface area contributed by atoms with Crippen molar-refractivity contribution < 1.29 is 14.3 Å². The molecule has 1 saturated carbocycles. The molecule has 1 saturated heterocycles. The van der Waals surface area contributed by atoms with Gasteiger partial charge >= 0.3 is 0 Å². The first-order chi connectivity index (χ1) is 16.1. The van der Waals surface area contributed by atoms with E-state index in [1.165, 1.54) is 54.9 Å². The zero-order valence-electron chi connectivity index (χ0n) is 22.4. The van der Waals surface area contributed by atoms with Crippen LogP contribution in [0.4, 0.5) is 0 Å². The molecule has 1 amide bonds. The highest BCUT2D eigenvalue weighted by atomic mass is 32.2. The van der Waals surface area contributed by atoms with Crippen LogP contribution in [0.2, 0.25) is 0 Å². The number of hydrogen-bond acceptors (Lipinski definition) is 6. The van der Waals surface area contributed by atoms with Crippen molar-refractivity contribution in [1.29, 1.82) is 0 Å². The third kappa shape index (κ3) is 6.68. The predicted octanol–water partition coefficient (Wildman–Crippen LogP) is 4.63. The Kier molecular flexibility index (Phi) is 9.73. The molecule has 0 bridgehead atoms. The van der Waals surface area contributed by atoms with E-state index in [1.54, 1.807) is 19.1 Å². The number of carbonyl (C=O) groups excluding carboxylic acids is 1. The monoisotopic (exact) mass is 491 g/mol. The van der Waals surface area contributed by atoms with Crippen LogP contribution in [0.5, 0.6) is 5.75 Å². The van der Waals surface area contributed by atoms with E-state index in [4.69, 9.17) is 9.47 Å². The van der Waals surface area contributed by atoms with Gasteiger partial charge in [0.25, 0.3) is 0 Å². The first-order valence-corrected chi connectivity index (χ1v) is 13.5. The van der Waals surface area contributed by atoms with Crippen molar-refractivity contribution in [3.05, 3.63) is 23.3 Å². The Morgan fingerprint density at radius 1 is 1.18 bits per heavy atom. The number of amides is 1. The Morgan fingerprint density at radius 2 is 1.82 bits per heavy atom. The van der Waals surface area contributed by atoms with Gasteiger partial charge in [0.05, 0.1) is 13.7 Å². The lowest BCUT2D eigenvalue weighted by atomic mass is 9.57. The van der Waals surface area contributed by atoms with Crippen LogP contribution < -0.4 is 4.74 Å². The van der Waals surface area contributed by atoms with Crippen LogP contribution in [0.25, 0.3) is 0 Å². The van der Waals surface area contributed by atoms with Crippen molar-refractivity contribution in [3.63, 3.8) is 0 Å². The molecule has 2 atom stereocenters. The van der Waals surface area contributed by atoms with Gasteiger partial charge in [-0.25, -0.2) is 4.31 Å². The number of nitrogens with zero attached hydrogens (tertiary/aromatic N) is 3. The summed E-state index contributed by atoms with van der Waals surface area (Å²) in [6.07, 6.45) is 5.06. The Labute approximate surface area is 211 Å². The lowest BCUT2D eigenvalue weighted by molar-refractivity contribution is -0.148. The van der Waals surface area contributed by atoms with Crippen molar-refractivity contribution in [2.45, 2.75) is 64.3 Å². The number of benzene rings is 1. The molecular formula is C27H45N3O3S. The average molecular weight is 492 g/mol. The van der Waals surface area contributed by atoms with Gasteiger partial charge in [-0.3, -0.25) is 4.79 Å². The third-order valence-electron chi connectivity index (χ3n) is 7.96. The van der Waals surface area contributed by atoms with Crippen LogP contribution >= 0.6 is 11.9 Å². The average Bonchev–Trinajstić information content (AvgIpc) is 3.31. The van der Waals surface area contributed by atoms with Crippen LogP contribution in [0, 0.1) is 25.2 Å². The normalized spacial score (nSPS) is 22.1. The summed E-state index contributed by atoms with van der Waals surface area (Å²) in [5, 5.41) is 0. The summed E-state index contributed by atoms with van der Waals surface area (Å²) in [5.74, 6) is 1.68. The van der Waals surface area contributed by atoms with Gasteiger partial charge in [-0.15, -0.1) is 0 Å². The molecule has 192 valence electrons. The van der Waals surface area contributed by atoms with E-state index in [0.717, 1.165) is 18.7 Å². The number of rotatable bonds is 12. The molecule has 0 unspecified atom stereocenters. The summed E-state index contributed by atoms with van der Waals surface area (Å²) in [6.45, 7) is 14.0. The maximum atomic E-state index is 12.8. The predicted molar refractivity (Wildman–Crippen MR) is 141 cm³/mol. The molecule has 34 heavy (non-hydrogen) atoms. The number of likely N-dealkylation sites (N-methyl/N-ethyl adjacent to an activating group) is 2. The van der Waals surface area contributed by atoms with E-state index < -0.39 is 0 Å². The summed E-state index contributed by atoms with van der Waals surface area (Å²) in [5.41, 5.74) is 2.58. The van der Waals surface area contributed by atoms with E-state index in [-0.39, 0.29) is 17.9 Å². The molecule has 1 aliphatic carbocycles. The van der Waals surface area contributed by atoms with Gasteiger partial charge in [-0.2, -0.15) is 0 Å². The molecule has 1 aromatic carbocycles. The second-order valence-electron chi connectivity index (χ2n) is 10.7. The van der Waals surface area contributed by atoms with Gasteiger partial charge in [0.15, 0.2) is 0 Å². The van der Waals surface area contributed by atoms with Gasteiger partial charge in [0.2, 0.25) is 5.91 Å². The van der Waals surface area contributed by atoms with Crippen LogP contribution in [0.3, 0.4) is 0 Å². The topological polar surface area (TPSA) is 45.3 Å². The van der Waals surface area contributed by atoms with Crippen LogP contribution in [0.15, 0.2) is 17.0 Å². The highest BCUT2D eigenvalue weighted by molar-refractivity contribution is 7.97. The molecule has 2 aliphatic rings. The van der Waals surface area contributed by atoms with Crippen molar-refractivity contribution >= 4 is 17.9 Å². The quantitative estimate of drug-likeness (QED) is 0.314. The Hall–Kier alpha value is -1.28. The molecule has 1 heterocycles. The van der Waals surface area contributed by atoms with E-state index >= 15 is 0 Å². The molecule has 1 aromatic rings. The van der Waals surface area contributed by atoms with E-state index in [1.807, 2.05) is 11.9 Å². The number of aryl methyl sites for hydroxylation is 2. The van der Waals surface area contributed by atoms with Gasteiger partial charge in [0.1, 0.15) is 12.4 Å². The van der Waals surface area contributed by atoms with Crippen LogP contribution in [0.1, 0.15) is 50.7 Å². The first kappa shape index (κ1) is 27.3. The number of likely N-dealkylation sites (tertiary alicyclic amines) is 1. The zero-order valence-corrected chi connectivity index (χ0v) is 23.2. The fourth-order valence-corrected chi connectivity index (χ4v) is 6.37. The molecule has 0 N–H and O–H groups in total. The van der Waals surface area contributed by atoms with Crippen LogP contribution in [-0.4, -0.2) is 86.7 Å². The number of methoxy groups -OCH3 is 1. The second kappa shape index (κ2) is 12.1. The van der Waals surface area contributed by atoms with Gasteiger partial charge < -0.3 is 19.3 Å². The molecular weight excluding hydrogens is 446 g/mol. The Balaban J connectivity index is 1.36. The van der Waals surface area contributed by atoms with Crippen molar-refractivity contribution in [2.75, 3.05) is 60.6 Å². The SMILES string of the molecule is COc1cc(C)c(SN(C)CCOCC(=O)N(C)[C@H]2C[C@@H](CCN3CCCC3)C2(C)C)c(C)c1. The van der Waals surface area contributed by atoms with E-state index in [2.05, 4.69) is 56.1 Å². The number of hydrogen-bond donors (Lipinski definition) is 0. The molecule has 7 heteroatoms. The standard InChI is InChI=1S/C27H45N3O3S/c1-20-16-23(32-7)17-21(2)26(20)34-28(5)14-15-33-19-25(31)29(6)24-18-22(27(24,3)4)10-13-30-11-8-9-12-30/h16-17,22,24H,8-15,18-19H2,1-7H3/t22-,24+/m1/s1. The smallest absolute Gasteiger partial charge is 0.248 e. The largest absolute Gasteiger partial charge is 0.497 e. The molecule has 0 radical (unpaired) electrons.